The van der Waals surface area contributed by atoms with Gasteiger partial charge in [0.25, 0.3) is 0 Å². The van der Waals surface area contributed by atoms with Crippen LogP contribution in [0, 0.1) is 6.92 Å². The fraction of sp³-hybridized carbons (Fsp3) is 0.143. The molecule has 1 aromatic carbocycles. The Bertz CT molecular complexity index is 142. The van der Waals surface area contributed by atoms with Crippen LogP contribution in [0.5, 0.6) is 0 Å². The van der Waals surface area contributed by atoms with Crippen molar-refractivity contribution >= 4 is 37.7 Å². The van der Waals surface area contributed by atoms with Crippen molar-refractivity contribution in [1.29, 1.82) is 0 Å². The van der Waals surface area contributed by atoms with E-state index in [4.69, 9.17) is 0 Å². The predicted molar refractivity (Wildman–Crippen MR) is 39.2 cm³/mol. The fourth-order valence-electron chi connectivity index (χ4n) is 0.534. The summed E-state index contributed by atoms with van der Waals surface area (Å²) in [4.78, 5) is 0. The van der Waals surface area contributed by atoms with E-state index in [0.717, 1.165) is 0 Å². The first-order chi connectivity index (χ1) is 3.39. The van der Waals surface area contributed by atoms with Gasteiger partial charge in [0.05, 0.1) is 0 Å². The van der Waals surface area contributed by atoms with Gasteiger partial charge in [-0.3, -0.25) is 0 Å². The molecule has 0 saturated heterocycles. The Morgan fingerprint density at radius 2 is 1.62 bits per heavy atom. The molecule has 0 aliphatic carbocycles. The molecule has 1 rings (SSSR count). The van der Waals surface area contributed by atoms with Crippen molar-refractivity contribution in [3.05, 3.63) is 35.9 Å². The number of rotatable bonds is 0. The normalized spacial score (nSPS) is 7.62. The molecule has 0 N–H and O–H groups in total. The van der Waals surface area contributed by atoms with Crippen molar-refractivity contribution in [2.24, 2.45) is 0 Å². The second kappa shape index (κ2) is 4.37. The van der Waals surface area contributed by atoms with Gasteiger partial charge in [0.15, 0.2) is 0 Å². The monoisotopic (exact) mass is 134 g/mol. The van der Waals surface area contributed by atoms with E-state index in [0.29, 0.717) is 0 Å². The van der Waals surface area contributed by atoms with E-state index in [9.17, 15) is 0 Å². The molecule has 0 bridgehead atoms. The van der Waals surface area contributed by atoms with Gasteiger partial charge in [-0.15, -0.1) is 0 Å². The van der Waals surface area contributed by atoms with Crippen molar-refractivity contribution in [3.8, 4) is 0 Å². The summed E-state index contributed by atoms with van der Waals surface area (Å²) in [6, 6.07) is 10.3. The maximum Gasteiger partial charge on any atom is 2.00 e. The molecule has 0 unspecified atom stereocenters. The summed E-state index contributed by atoms with van der Waals surface area (Å²) in [5, 5.41) is 0. The smallest absolute Gasteiger partial charge is 1.00 e. The van der Waals surface area contributed by atoms with Crippen LogP contribution in [-0.2, 0) is 0 Å². The number of aryl methyl sites for hydroxylation is 1. The molecular weight excluding hydrogens is 124 g/mol. The molecule has 0 radical (unpaired) electrons. The summed E-state index contributed by atoms with van der Waals surface area (Å²) in [5.74, 6) is 0. The minimum Gasteiger partial charge on any atom is -1.00 e. The van der Waals surface area contributed by atoms with Crippen molar-refractivity contribution in [2.45, 2.75) is 6.92 Å². The molecule has 1 heteroatoms. The maximum atomic E-state index is 2.08. The van der Waals surface area contributed by atoms with Gasteiger partial charge >= 0.3 is 37.7 Å². The first-order valence-corrected chi connectivity index (χ1v) is 2.41. The van der Waals surface area contributed by atoms with Gasteiger partial charge < -0.3 is 2.85 Å². The van der Waals surface area contributed by atoms with Gasteiger partial charge in [0.2, 0.25) is 0 Å². The zero-order valence-electron chi connectivity index (χ0n) is 7.09. The van der Waals surface area contributed by atoms with E-state index in [-0.39, 0.29) is 40.6 Å². The first-order valence-electron chi connectivity index (χ1n) is 2.41. The van der Waals surface area contributed by atoms with Crippen molar-refractivity contribution in [1.82, 2.24) is 0 Å². The first kappa shape index (κ1) is 8.48. The Labute approximate surface area is 82.9 Å². The zero-order valence-corrected chi connectivity index (χ0v) is 7.30. The average molecular weight is 134 g/mol. The Hall–Kier alpha value is 0.480. The molecule has 0 heterocycles. The quantitative estimate of drug-likeness (QED) is 0.475. The van der Waals surface area contributed by atoms with Crippen LogP contribution in [0.25, 0.3) is 0 Å². The van der Waals surface area contributed by atoms with Gasteiger partial charge in [-0.25, -0.2) is 0 Å². The Morgan fingerprint density at radius 1 is 1.12 bits per heavy atom. The van der Waals surface area contributed by atoms with Gasteiger partial charge in [-0.05, 0) is 6.92 Å². The third-order valence-corrected chi connectivity index (χ3v) is 0.940. The standard InChI is InChI=1S/C7H8.Ca.2H/c1-7-5-3-2-4-6-7;;;/h2-6H,1H3;;;/q;+2;2*-1. The van der Waals surface area contributed by atoms with E-state index < -0.39 is 0 Å². The van der Waals surface area contributed by atoms with Crippen LogP contribution in [-0.4, -0.2) is 37.7 Å². The van der Waals surface area contributed by atoms with E-state index in [1.54, 1.807) is 0 Å². The molecule has 0 fully saturated rings. The molecule has 0 aliphatic rings. The fourth-order valence-corrected chi connectivity index (χ4v) is 0.534. The van der Waals surface area contributed by atoms with E-state index >= 15 is 0 Å². The molecule has 0 aromatic heterocycles. The van der Waals surface area contributed by atoms with E-state index in [1.807, 2.05) is 18.2 Å². The predicted octanol–water partition coefficient (Wildman–Crippen LogP) is 1.84. The van der Waals surface area contributed by atoms with Gasteiger partial charge in [-0.1, -0.05) is 35.9 Å². The van der Waals surface area contributed by atoms with Crippen LogP contribution >= 0.6 is 0 Å². The van der Waals surface area contributed by atoms with Crippen molar-refractivity contribution in [2.75, 3.05) is 0 Å². The maximum absolute atomic E-state index is 2.08. The Kier molecular flexibility index (Phi) is 4.63. The summed E-state index contributed by atoms with van der Waals surface area (Å²) < 4.78 is 0. The summed E-state index contributed by atoms with van der Waals surface area (Å²) in [7, 11) is 0. The summed E-state index contributed by atoms with van der Waals surface area (Å²) in [5.41, 5.74) is 1.32. The minimum atomic E-state index is 0. The zero-order chi connectivity index (χ0) is 5.11. The van der Waals surface area contributed by atoms with Gasteiger partial charge in [0.1, 0.15) is 0 Å². The molecule has 1 aromatic rings. The molecule has 0 spiro atoms. The van der Waals surface area contributed by atoms with Crippen molar-refractivity contribution < 1.29 is 2.85 Å². The van der Waals surface area contributed by atoms with Gasteiger partial charge in [0, 0.05) is 0 Å². The van der Waals surface area contributed by atoms with Crippen LogP contribution < -0.4 is 0 Å². The SMILES string of the molecule is Cc1ccccc1.[Ca+2].[H-].[H-]. The third-order valence-electron chi connectivity index (χ3n) is 0.940. The van der Waals surface area contributed by atoms with Crippen LogP contribution in [0.2, 0.25) is 0 Å². The molecule has 0 nitrogen and oxygen atoms in total. The van der Waals surface area contributed by atoms with E-state index in [2.05, 4.69) is 19.1 Å². The summed E-state index contributed by atoms with van der Waals surface area (Å²) in [6.45, 7) is 2.08. The number of benzene rings is 1. The summed E-state index contributed by atoms with van der Waals surface area (Å²) in [6.07, 6.45) is 0. The Morgan fingerprint density at radius 3 is 1.88 bits per heavy atom. The number of hydrogen-bond donors (Lipinski definition) is 0. The van der Waals surface area contributed by atoms with Gasteiger partial charge in [-0.2, -0.15) is 0 Å². The van der Waals surface area contributed by atoms with Crippen LogP contribution in [0.4, 0.5) is 0 Å². The largest absolute Gasteiger partial charge is 2.00 e. The average Bonchev–Trinajstić information content (AvgIpc) is 1.69. The second-order valence-electron chi connectivity index (χ2n) is 1.65. The van der Waals surface area contributed by atoms with Crippen LogP contribution in [0.15, 0.2) is 30.3 Å². The number of hydrogen-bond acceptors (Lipinski definition) is 0. The topological polar surface area (TPSA) is 0 Å². The Balaban J connectivity index is -0.000000163. The minimum absolute atomic E-state index is 0. The second-order valence-corrected chi connectivity index (χ2v) is 1.65. The van der Waals surface area contributed by atoms with E-state index in [1.165, 1.54) is 5.56 Å². The van der Waals surface area contributed by atoms with Crippen LogP contribution in [0.3, 0.4) is 0 Å². The molecule has 0 saturated carbocycles. The molecular formula is C7H10Ca. The molecule has 0 aliphatic heterocycles. The van der Waals surface area contributed by atoms with Crippen LogP contribution in [0.1, 0.15) is 8.42 Å². The molecule has 8 heavy (non-hydrogen) atoms. The third kappa shape index (κ3) is 2.71. The van der Waals surface area contributed by atoms with Crippen molar-refractivity contribution in [3.63, 3.8) is 0 Å². The molecule has 0 atom stereocenters. The molecule has 40 valence electrons. The summed E-state index contributed by atoms with van der Waals surface area (Å²) >= 11 is 0. The molecule has 0 amide bonds.